The van der Waals surface area contributed by atoms with Gasteiger partial charge in [0.25, 0.3) is 0 Å². The summed E-state index contributed by atoms with van der Waals surface area (Å²) >= 11 is 0. The van der Waals surface area contributed by atoms with Gasteiger partial charge in [-0.25, -0.2) is 0 Å². The summed E-state index contributed by atoms with van der Waals surface area (Å²) < 4.78 is 24.9. The van der Waals surface area contributed by atoms with E-state index in [0.29, 0.717) is 0 Å². The molecule has 0 amide bonds. The predicted molar refractivity (Wildman–Crippen MR) is 109 cm³/mol. The zero-order valence-electron chi connectivity index (χ0n) is 18.4. The zero-order valence-corrected chi connectivity index (χ0v) is 18.4. The van der Waals surface area contributed by atoms with Crippen molar-refractivity contribution < 1.29 is 18.6 Å². The highest BCUT2D eigenvalue weighted by Crippen LogP contribution is 2.41. The highest BCUT2D eigenvalue weighted by atomic mass is 16.7. The molecule has 4 nitrogen and oxygen atoms in total. The molecule has 0 aliphatic carbocycles. The van der Waals surface area contributed by atoms with E-state index in [1.807, 2.05) is 0 Å². The van der Waals surface area contributed by atoms with E-state index >= 15 is 0 Å². The SMILES string of the molecule is CCCCCC/C(=C/B1OC(C)(C)C(C)(C)O1)B1OC(C)(C)C(C)(C)O1. The van der Waals surface area contributed by atoms with Crippen molar-refractivity contribution in [1.82, 2.24) is 0 Å². The molecule has 2 saturated heterocycles. The summed E-state index contributed by atoms with van der Waals surface area (Å²) in [5.41, 5.74) is -0.209. The summed E-state index contributed by atoms with van der Waals surface area (Å²) in [6.45, 7) is 18.9. The third-order valence-corrected chi connectivity index (χ3v) is 6.50. The number of unbranched alkanes of at least 4 members (excludes halogenated alkanes) is 3. The first-order valence-electron chi connectivity index (χ1n) is 10.2. The molecule has 2 aliphatic rings. The number of rotatable bonds is 7. The van der Waals surface area contributed by atoms with Gasteiger partial charge in [0.2, 0.25) is 0 Å². The largest absolute Gasteiger partial charge is 0.489 e. The molecule has 0 unspecified atom stereocenters. The molecule has 2 heterocycles. The van der Waals surface area contributed by atoms with Crippen LogP contribution in [0.4, 0.5) is 0 Å². The molecule has 26 heavy (non-hydrogen) atoms. The van der Waals surface area contributed by atoms with Crippen molar-refractivity contribution in [1.29, 1.82) is 0 Å². The van der Waals surface area contributed by atoms with E-state index in [1.54, 1.807) is 0 Å². The molecular weight excluding hydrogens is 326 g/mol. The van der Waals surface area contributed by atoms with Gasteiger partial charge in [0.1, 0.15) is 0 Å². The van der Waals surface area contributed by atoms with Gasteiger partial charge >= 0.3 is 14.2 Å². The average molecular weight is 364 g/mol. The van der Waals surface area contributed by atoms with Crippen LogP contribution in [0.3, 0.4) is 0 Å². The van der Waals surface area contributed by atoms with Crippen LogP contribution in [0.5, 0.6) is 0 Å². The molecule has 0 aromatic heterocycles. The molecule has 2 fully saturated rings. The molecule has 0 saturated carbocycles. The lowest BCUT2D eigenvalue weighted by Gasteiger charge is -2.32. The lowest BCUT2D eigenvalue weighted by atomic mass is 9.69. The second kappa shape index (κ2) is 7.62. The molecule has 0 radical (unpaired) electrons. The van der Waals surface area contributed by atoms with Crippen LogP contribution in [0, 0.1) is 0 Å². The fourth-order valence-corrected chi connectivity index (χ4v) is 3.16. The predicted octanol–water partition coefficient (Wildman–Crippen LogP) is 5.15. The molecule has 0 aromatic rings. The van der Waals surface area contributed by atoms with Crippen LogP contribution in [0.2, 0.25) is 0 Å². The molecule has 2 rings (SSSR count). The van der Waals surface area contributed by atoms with Gasteiger partial charge < -0.3 is 18.6 Å². The highest BCUT2D eigenvalue weighted by Gasteiger charge is 2.54. The molecule has 6 heteroatoms. The van der Waals surface area contributed by atoms with Gasteiger partial charge in [-0.2, -0.15) is 0 Å². The van der Waals surface area contributed by atoms with Crippen molar-refractivity contribution in [2.75, 3.05) is 0 Å². The van der Waals surface area contributed by atoms with Crippen molar-refractivity contribution >= 4 is 14.2 Å². The Kier molecular flexibility index (Phi) is 6.44. The Balaban J connectivity index is 2.17. The molecule has 0 aromatic carbocycles. The van der Waals surface area contributed by atoms with E-state index in [4.69, 9.17) is 18.6 Å². The first-order valence-corrected chi connectivity index (χ1v) is 10.2. The van der Waals surface area contributed by atoms with Gasteiger partial charge in [-0.05, 0) is 67.3 Å². The van der Waals surface area contributed by atoms with Crippen molar-refractivity contribution in [3.63, 3.8) is 0 Å². The minimum atomic E-state index is -0.361. The van der Waals surface area contributed by atoms with E-state index in [9.17, 15) is 0 Å². The van der Waals surface area contributed by atoms with Gasteiger partial charge in [0, 0.05) is 0 Å². The van der Waals surface area contributed by atoms with Crippen LogP contribution in [-0.2, 0) is 18.6 Å². The van der Waals surface area contributed by atoms with E-state index in [-0.39, 0.29) is 36.6 Å². The maximum Gasteiger partial charge on any atom is 0.489 e. The Morgan fingerprint density at radius 2 is 1.15 bits per heavy atom. The van der Waals surface area contributed by atoms with E-state index < -0.39 is 0 Å². The standard InChI is InChI=1S/C20H38B2O4/c1-10-11-12-13-14-16(22-25-19(6,7)20(8,9)26-22)15-21-23-17(2,3)18(4,5)24-21/h15H,10-14H2,1-9H3/b16-15-. The molecule has 0 spiro atoms. The van der Waals surface area contributed by atoms with Crippen molar-refractivity contribution in [2.45, 2.75) is 117 Å². The van der Waals surface area contributed by atoms with Crippen LogP contribution in [0.1, 0.15) is 94.4 Å². The normalized spacial score (nSPS) is 26.6. The molecule has 0 bridgehead atoms. The van der Waals surface area contributed by atoms with Gasteiger partial charge in [-0.3, -0.25) is 0 Å². The quantitative estimate of drug-likeness (QED) is 0.463. The average Bonchev–Trinajstić information content (AvgIpc) is 2.81. The smallest absolute Gasteiger partial charge is 0.400 e. The summed E-state index contributed by atoms with van der Waals surface area (Å²) in [6.07, 6.45) is 5.78. The molecule has 0 N–H and O–H groups in total. The molecular formula is C20H38B2O4. The van der Waals surface area contributed by atoms with E-state index in [2.05, 4.69) is 68.3 Å². The lowest BCUT2D eigenvalue weighted by Crippen LogP contribution is -2.41. The summed E-state index contributed by atoms with van der Waals surface area (Å²) in [6, 6.07) is 0. The Morgan fingerprint density at radius 3 is 1.62 bits per heavy atom. The Hall–Kier alpha value is -0.290. The Labute approximate surface area is 161 Å². The second-order valence-corrected chi connectivity index (χ2v) is 9.77. The van der Waals surface area contributed by atoms with E-state index in [1.165, 1.54) is 19.3 Å². The Morgan fingerprint density at radius 1 is 0.692 bits per heavy atom. The highest BCUT2D eigenvalue weighted by molar-refractivity contribution is 6.60. The van der Waals surface area contributed by atoms with Crippen molar-refractivity contribution in [3.05, 3.63) is 11.4 Å². The van der Waals surface area contributed by atoms with E-state index in [0.717, 1.165) is 18.3 Å². The van der Waals surface area contributed by atoms with Gasteiger partial charge in [0.05, 0.1) is 22.4 Å². The summed E-state index contributed by atoms with van der Waals surface area (Å²) in [5, 5.41) is 0. The van der Waals surface area contributed by atoms with Crippen LogP contribution in [0.15, 0.2) is 11.4 Å². The summed E-state index contributed by atoms with van der Waals surface area (Å²) in [4.78, 5) is 0. The molecule has 0 atom stereocenters. The monoisotopic (exact) mass is 364 g/mol. The van der Waals surface area contributed by atoms with Crippen LogP contribution >= 0.6 is 0 Å². The molecule has 2 aliphatic heterocycles. The number of hydrogen-bond acceptors (Lipinski definition) is 4. The molecule has 148 valence electrons. The second-order valence-electron chi connectivity index (χ2n) is 9.77. The summed E-state index contributed by atoms with van der Waals surface area (Å²) in [5.74, 6) is 2.09. The van der Waals surface area contributed by atoms with Gasteiger partial charge in [-0.15, -0.1) is 0 Å². The number of allylic oxidation sites excluding steroid dienone is 1. The first-order chi connectivity index (χ1) is 11.8. The maximum absolute atomic E-state index is 6.30. The van der Waals surface area contributed by atoms with Crippen LogP contribution in [-0.4, -0.2) is 36.6 Å². The van der Waals surface area contributed by atoms with Gasteiger partial charge in [-0.1, -0.05) is 38.6 Å². The van der Waals surface area contributed by atoms with Gasteiger partial charge in [0.15, 0.2) is 0 Å². The zero-order chi connectivity index (χ0) is 19.8. The maximum atomic E-state index is 6.30. The van der Waals surface area contributed by atoms with Crippen LogP contribution < -0.4 is 0 Å². The first kappa shape index (κ1) is 22.0. The lowest BCUT2D eigenvalue weighted by molar-refractivity contribution is 0.00578. The summed E-state index contributed by atoms with van der Waals surface area (Å²) in [7, 11) is -0.694. The third-order valence-electron chi connectivity index (χ3n) is 6.50. The minimum Gasteiger partial charge on any atom is -0.400 e. The van der Waals surface area contributed by atoms with Crippen molar-refractivity contribution in [2.24, 2.45) is 0 Å². The fourth-order valence-electron chi connectivity index (χ4n) is 3.16. The van der Waals surface area contributed by atoms with Crippen LogP contribution in [0.25, 0.3) is 0 Å². The Bertz CT molecular complexity index is 494. The third kappa shape index (κ3) is 4.57. The van der Waals surface area contributed by atoms with Crippen molar-refractivity contribution in [3.8, 4) is 0 Å². The fraction of sp³-hybridized carbons (Fsp3) is 0.900. The minimum absolute atomic E-state index is 0.333. The number of hydrogen-bond donors (Lipinski definition) is 0. The topological polar surface area (TPSA) is 36.9 Å².